The Balaban J connectivity index is 1.97. The Morgan fingerprint density at radius 1 is 1.05 bits per heavy atom. The zero-order chi connectivity index (χ0) is 15.0. The first-order chi connectivity index (χ1) is 9.97. The van der Waals surface area contributed by atoms with Crippen LogP contribution in [0.25, 0.3) is 11.3 Å². The van der Waals surface area contributed by atoms with Crippen molar-refractivity contribution in [1.29, 1.82) is 0 Å². The molecule has 0 spiro atoms. The minimum absolute atomic E-state index is 0.180. The van der Waals surface area contributed by atoms with Gasteiger partial charge in [0.25, 0.3) is 0 Å². The summed E-state index contributed by atoms with van der Waals surface area (Å²) in [5.41, 5.74) is 3.69. The van der Waals surface area contributed by atoms with Crippen LogP contribution in [0.2, 0.25) is 0 Å². The molecule has 110 valence electrons. The lowest BCUT2D eigenvalue weighted by atomic mass is 9.86. The Kier molecular flexibility index (Phi) is 3.44. The lowest BCUT2D eigenvalue weighted by Gasteiger charge is -2.19. The monoisotopic (exact) mass is 281 g/mol. The predicted molar refractivity (Wildman–Crippen MR) is 87.7 cm³/mol. The average Bonchev–Trinajstić information content (AvgIpc) is 3.30. The second kappa shape index (κ2) is 5.14. The van der Waals surface area contributed by atoms with Crippen LogP contribution in [0.5, 0.6) is 0 Å². The lowest BCUT2D eigenvalue weighted by molar-refractivity contribution is 0.590. The Morgan fingerprint density at radius 2 is 1.71 bits per heavy atom. The molecule has 1 fully saturated rings. The van der Waals surface area contributed by atoms with Crippen LogP contribution in [0, 0.1) is 0 Å². The van der Waals surface area contributed by atoms with Crippen molar-refractivity contribution in [2.45, 2.75) is 44.9 Å². The van der Waals surface area contributed by atoms with E-state index in [2.05, 4.69) is 55.3 Å². The van der Waals surface area contributed by atoms with E-state index in [-0.39, 0.29) is 5.41 Å². The molecule has 0 radical (unpaired) electrons. The topological polar surface area (TPSA) is 37.8 Å². The maximum absolute atomic E-state index is 4.75. The Hall–Kier alpha value is -1.90. The average molecular weight is 281 g/mol. The first-order valence-corrected chi connectivity index (χ1v) is 7.65. The molecular weight excluding hydrogens is 258 g/mol. The van der Waals surface area contributed by atoms with Crippen LogP contribution < -0.4 is 5.32 Å². The van der Waals surface area contributed by atoms with E-state index in [1.165, 1.54) is 18.4 Å². The molecule has 2 aromatic rings. The van der Waals surface area contributed by atoms with E-state index in [9.17, 15) is 0 Å². The molecule has 21 heavy (non-hydrogen) atoms. The van der Waals surface area contributed by atoms with Crippen LogP contribution in [-0.2, 0) is 5.41 Å². The van der Waals surface area contributed by atoms with Gasteiger partial charge in [0.05, 0.1) is 5.69 Å². The number of hydrogen-bond acceptors (Lipinski definition) is 3. The molecule has 1 aliphatic carbocycles. The van der Waals surface area contributed by atoms with Gasteiger partial charge < -0.3 is 5.32 Å². The summed E-state index contributed by atoms with van der Waals surface area (Å²) in [6.07, 6.45) is 2.44. The molecule has 1 aromatic carbocycles. The smallest absolute Gasteiger partial charge is 0.134 e. The molecule has 3 rings (SSSR count). The first kappa shape index (κ1) is 14.1. The van der Waals surface area contributed by atoms with Crippen molar-refractivity contribution < 1.29 is 0 Å². The zero-order valence-electron chi connectivity index (χ0n) is 13.3. The third kappa shape index (κ3) is 3.07. The van der Waals surface area contributed by atoms with Crippen molar-refractivity contribution in [2.24, 2.45) is 0 Å². The summed E-state index contributed by atoms with van der Waals surface area (Å²) in [5.74, 6) is 2.45. The van der Waals surface area contributed by atoms with Gasteiger partial charge >= 0.3 is 0 Å². The number of aromatic nitrogens is 2. The Labute approximate surface area is 126 Å². The second-order valence-corrected chi connectivity index (χ2v) is 6.85. The summed E-state index contributed by atoms with van der Waals surface area (Å²) in [4.78, 5) is 9.33. The highest BCUT2D eigenvalue weighted by Crippen LogP contribution is 2.39. The van der Waals surface area contributed by atoms with E-state index >= 15 is 0 Å². The van der Waals surface area contributed by atoms with E-state index in [0.717, 1.165) is 22.9 Å². The van der Waals surface area contributed by atoms with Crippen LogP contribution in [0.3, 0.4) is 0 Å². The fourth-order valence-corrected chi connectivity index (χ4v) is 2.41. The molecular formula is C18H23N3. The van der Waals surface area contributed by atoms with E-state index in [1.807, 2.05) is 13.1 Å². The van der Waals surface area contributed by atoms with Crippen molar-refractivity contribution >= 4 is 5.82 Å². The summed E-state index contributed by atoms with van der Waals surface area (Å²) in [6, 6.07) is 10.8. The maximum atomic E-state index is 4.75. The minimum atomic E-state index is 0.180. The van der Waals surface area contributed by atoms with Crippen molar-refractivity contribution in [2.75, 3.05) is 12.4 Å². The number of hydrogen-bond donors (Lipinski definition) is 1. The normalized spacial score (nSPS) is 15.0. The second-order valence-electron chi connectivity index (χ2n) is 6.85. The molecule has 1 saturated carbocycles. The SMILES string of the molecule is CNc1cc(-c2ccc(C(C)(C)C)cc2)nc(C2CC2)n1. The highest BCUT2D eigenvalue weighted by Gasteiger charge is 2.27. The molecule has 1 N–H and O–H groups in total. The maximum Gasteiger partial charge on any atom is 0.134 e. The van der Waals surface area contributed by atoms with E-state index in [4.69, 9.17) is 4.98 Å². The van der Waals surface area contributed by atoms with Gasteiger partial charge in [-0.2, -0.15) is 0 Å². The van der Waals surface area contributed by atoms with E-state index < -0.39 is 0 Å². The van der Waals surface area contributed by atoms with E-state index in [1.54, 1.807) is 0 Å². The van der Waals surface area contributed by atoms with Crippen molar-refractivity contribution in [3.8, 4) is 11.3 Å². The summed E-state index contributed by atoms with van der Waals surface area (Å²) in [6.45, 7) is 6.70. The highest BCUT2D eigenvalue weighted by atomic mass is 15.0. The molecule has 0 atom stereocenters. The fourth-order valence-electron chi connectivity index (χ4n) is 2.41. The number of nitrogens with one attached hydrogen (secondary N) is 1. The van der Waals surface area contributed by atoms with Crippen LogP contribution in [0.4, 0.5) is 5.82 Å². The molecule has 0 aliphatic heterocycles. The number of nitrogens with zero attached hydrogens (tertiary/aromatic N) is 2. The Morgan fingerprint density at radius 3 is 2.24 bits per heavy atom. The van der Waals surface area contributed by atoms with Crippen LogP contribution in [-0.4, -0.2) is 17.0 Å². The zero-order valence-corrected chi connectivity index (χ0v) is 13.3. The van der Waals surface area contributed by atoms with Gasteiger partial charge in [0.1, 0.15) is 11.6 Å². The van der Waals surface area contributed by atoms with Gasteiger partial charge in [0, 0.05) is 24.6 Å². The van der Waals surface area contributed by atoms with E-state index in [0.29, 0.717) is 5.92 Å². The van der Waals surface area contributed by atoms with Crippen LogP contribution in [0.15, 0.2) is 30.3 Å². The number of rotatable bonds is 3. The summed E-state index contributed by atoms with van der Waals surface area (Å²) >= 11 is 0. The molecule has 0 saturated heterocycles. The van der Waals surface area contributed by atoms with Gasteiger partial charge in [0.2, 0.25) is 0 Å². The van der Waals surface area contributed by atoms with Gasteiger partial charge in [0.15, 0.2) is 0 Å². The largest absolute Gasteiger partial charge is 0.373 e. The molecule has 1 heterocycles. The van der Waals surface area contributed by atoms with Crippen molar-refractivity contribution in [3.63, 3.8) is 0 Å². The van der Waals surface area contributed by atoms with Gasteiger partial charge in [-0.1, -0.05) is 45.0 Å². The number of benzene rings is 1. The van der Waals surface area contributed by atoms with Gasteiger partial charge in [-0.25, -0.2) is 9.97 Å². The molecule has 3 nitrogen and oxygen atoms in total. The summed E-state index contributed by atoms with van der Waals surface area (Å²) < 4.78 is 0. The molecule has 0 bridgehead atoms. The van der Waals surface area contributed by atoms with Crippen LogP contribution in [0.1, 0.15) is 50.9 Å². The lowest BCUT2D eigenvalue weighted by Crippen LogP contribution is -2.10. The van der Waals surface area contributed by atoms with Crippen molar-refractivity contribution in [1.82, 2.24) is 9.97 Å². The molecule has 0 amide bonds. The van der Waals surface area contributed by atoms with Crippen molar-refractivity contribution in [3.05, 3.63) is 41.7 Å². The third-order valence-electron chi connectivity index (χ3n) is 3.99. The van der Waals surface area contributed by atoms with Gasteiger partial charge in [-0.3, -0.25) is 0 Å². The van der Waals surface area contributed by atoms with Gasteiger partial charge in [-0.05, 0) is 23.8 Å². The molecule has 3 heteroatoms. The number of anilines is 1. The quantitative estimate of drug-likeness (QED) is 0.908. The molecule has 1 aliphatic rings. The Bertz CT molecular complexity index is 635. The highest BCUT2D eigenvalue weighted by molar-refractivity contribution is 5.63. The third-order valence-corrected chi connectivity index (χ3v) is 3.99. The minimum Gasteiger partial charge on any atom is -0.373 e. The first-order valence-electron chi connectivity index (χ1n) is 7.65. The standard InChI is InChI=1S/C18H23N3/c1-18(2,3)14-9-7-12(8-10-14)15-11-16(19-4)21-17(20-15)13-5-6-13/h7-11,13H,5-6H2,1-4H3,(H,19,20,21). The van der Waals surface area contributed by atoms with Gasteiger partial charge in [-0.15, -0.1) is 0 Å². The van der Waals surface area contributed by atoms with Crippen LogP contribution >= 0.6 is 0 Å². The summed E-state index contributed by atoms with van der Waals surface area (Å²) in [5, 5.41) is 3.14. The predicted octanol–water partition coefficient (Wildman–Crippen LogP) is 4.36. The fraction of sp³-hybridized carbons (Fsp3) is 0.444. The summed E-state index contributed by atoms with van der Waals surface area (Å²) in [7, 11) is 1.91. The molecule has 1 aromatic heterocycles. The molecule has 0 unspecified atom stereocenters.